The smallest absolute Gasteiger partial charge is 0.225 e. The van der Waals surface area contributed by atoms with E-state index in [1.807, 2.05) is 37.3 Å². The van der Waals surface area contributed by atoms with Gasteiger partial charge in [-0.25, -0.2) is 0 Å². The summed E-state index contributed by atoms with van der Waals surface area (Å²) in [5.41, 5.74) is 8.90. The Morgan fingerprint density at radius 3 is 2.60 bits per heavy atom. The Morgan fingerprint density at radius 1 is 1.12 bits per heavy atom. The summed E-state index contributed by atoms with van der Waals surface area (Å²) in [4.78, 5) is 11.5. The number of nitrogens with two attached hydrogens (primary N) is 1. The highest BCUT2D eigenvalue weighted by molar-refractivity contribution is 6.31. The Morgan fingerprint density at radius 2 is 1.88 bits per heavy atom. The molecule has 2 aromatic carbocycles. The van der Waals surface area contributed by atoms with Crippen LogP contribution in [-0.2, 0) is 0 Å². The van der Waals surface area contributed by atoms with Gasteiger partial charge >= 0.3 is 0 Å². The zero-order chi connectivity index (χ0) is 18.1. The van der Waals surface area contributed by atoms with E-state index in [0.717, 1.165) is 16.7 Å². The lowest BCUT2D eigenvalue weighted by atomic mass is 9.99. The lowest BCUT2D eigenvalue weighted by molar-refractivity contribution is 0.416. The average molecular weight is 357 g/mol. The zero-order valence-electron chi connectivity index (χ0n) is 13.8. The second-order valence-corrected chi connectivity index (χ2v) is 6.10. The molecule has 6 heteroatoms. The molecular weight excluding hydrogens is 340 g/mol. The molecule has 1 heterocycles. The van der Waals surface area contributed by atoms with Crippen LogP contribution in [0.1, 0.15) is 5.56 Å². The highest BCUT2D eigenvalue weighted by atomic mass is 35.5. The third-order valence-corrected chi connectivity index (χ3v) is 4.25. The molecule has 0 aliphatic carbocycles. The lowest BCUT2D eigenvalue weighted by Crippen LogP contribution is -2.10. The van der Waals surface area contributed by atoms with Crippen LogP contribution >= 0.6 is 11.6 Å². The van der Waals surface area contributed by atoms with Crippen LogP contribution in [0.15, 0.2) is 53.5 Å². The number of aromatic nitrogens is 1. The summed E-state index contributed by atoms with van der Waals surface area (Å²) in [6, 6.07) is 12.3. The monoisotopic (exact) mass is 356 g/mol. The van der Waals surface area contributed by atoms with Gasteiger partial charge in [0.15, 0.2) is 5.75 Å². The second-order valence-electron chi connectivity index (χ2n) is 5.66. The van der Waals surface area contributed by atoms with Crippen molar-refractivity contribution in [1.82, 2.24) is 4.57 Å². The van der Waals surface area contributed by atoms with E-state index in [-0.39, 0.29) is 11.6 Å². The molecule has 0 unspecified atom stereocenters. The summed E-state index contributed by atoms with van der Waals surface area (Å²) in [6.45, 7) is 1.98. The van der Waals surface area contributed by atoms with Gasteiger partial charge < -0.3 is 15.6 Å². The fraction of sp³-hybridized carbons (Fsp3) is 0.105. The molecule has 3 N–H and O–H groups in total. The first-order chi connectivity index (χ1) is 11.9. The van der Waals surface area contributed by atoms with Gasteiger partial charge in [-0.15, -0.1) is 0 Å². The van der Waals surface area contributed by atoms with E-state index in [9.17, 15) is 9.90 Å². The van der Waals surface area contributed by atoms with Crippen molar-refractivity contribution < 1.29 is 9.84 Å². The molecule has 3 rings (SSSR count). The fourth-order valence-electron chi connectivity index (χ4n) is 2.70. The maximum atomic E-state index is 11.5. The van der Waals surface area contributed by atoms with Crippen molar-refractivity contribution in [1.29, 1.82) is 0 Å². The van der Waals surface area contributed by atoms with Gasteiger partial charge in [-0.3, -0.25) is 9.36 Å². The Labute approximate surface area is 149 Å². The van der Waals surface area contributed by atoms with E-state index in [2.05, 4.69) is 0 Å². The van der Waals surface area contributed by atoms with E-state index in [0.29, 0.717) is 16.5 Å². The normalized spacial score (nSPS) is 10.7. The minimum atomic E-state index is -0.516. The molecule has 1 aromatic heterocycles. The Kier molecular flexibility index (Phi) is 4.42. The molecule has 5 nitrogen and oxygen atoms in total. The number of rotatable bonds is 3. The first-order valence-electron chi connectivity index (χ1n) is 7.57. The molecule has 128 valence electrons. The van der Waals surface area contributed by atoms with Gasteiger partial charge in [0.2, 0.25) is 5.43 Å². The molecular formula is C19H17ClN2O3. The lowest BCUT2D eigenvalue weighted by Gasteiger charge is -2.16. The SMILES string of the molecule is COc1ccc(Cl)cc1-c1cc(-n2cc(O)c(=O)cc2N)ccc1C. The number of anilines is 1. The highest BCUT2D eigenvalue weighted by Crippen LogP contribution is 2.35. The van der Waals surface area contributed by atoms with Crippen molar-refractivity contribution in [2.75, 3.05) is 12.8 Å². The predicted octanol–water partition coefficient (Wildman–Crippen LogP) is 3.76. The molecule has 25 heavy (non-hydrogen) atoms. The first-order valence-corrected chi connectivity index (χ1v) is 7.94. The molecule has 0 saturated carbocycles. The Balaban J connectivity index is 2.23. The number of nitrogen functional groups attached to an aromatic ring is 1. The molecule has 0 spiro atoms. The minimum absolute atomic E-state index is 0.232. The van der Waals surface area contributed by atoms with Crippen molar-refractivity contribution in [3.8, 4) is 28.3 Å². The minimum Gasteiger partial charge on any atom is -0.503 e. The van der Waals surface area contributed by atoms with Crippen molar-refractivity contribution in [2.45, 2.75) is 6.92 Å². The summed E-state index contributed by atoms with van der Waals surface area (Å²) < 4.78 is 6.99. The van der Waals surface area contributed by atoms with E-state index in [1.165, 1.54) is 12.3 Å². The van der Waals surface area contributed by atoms with Crippen LogP contribution in [-0.4, -0.2) is 16.8 Å². The number of ether oxygens (including phenoxy) is 1. The molecule has 0 atom stereocenters. The molecule has 0 bridgehead atoms. The second kappa shape index (κ2) is 6.53. The average Bonchev–Trinajstić information content (AvgIpc) is 2.59. The maximum Gasteiger partial charge on any atom is 0.225 e. The van der Waals surface area contributed by atoms with Gasteiger partial charge in [-0.2, -0.15) is 0 Å². The van der Waals surface area contributed by atoms with Crippen LogP contribution in [0.5, 0.6) is 11.5 Å². The molecule has 0 fully saturated rings. The van der Waals surface area contributed by atoms with Crippen molar-refractivity contribution in [2.24, 2.45) is 0 Å². The van der Waals surface area contributed by atoms with Gasteiger partial charge in [0.1, 0.15) is 11.6 Å². The molecule has 3 aromatic rings. The topological polar surface area (TPSA) is 77.5 Å². The van der Waals surface area contributed by atoms with Crippen LogP contribution in [0.2, 0.25) is 5.02 Å². The third kappa shape index (κ3) is 3.19. The number of aromatic hydroxyl groups is 1. The summed E-state index contributed by atoms with van der Waals surface area (Å²) in [7, 11) is 1.60. The largest absolute Gasteiger partial charge is 0.503 e. The van der Waals surface area contributed by atoms with Crippen LogP contribution < -0.4 is 15.9 Å². The van der Waals surface area contributed by atoms with Gasteiger partial charge in [0, 0.05) is 22.3 Å². The fourth-order valence-corrected chi connectivity index (χ4v) is 2.87. The quantitative estimate of drug-likeness (QED) is 0.749. The number of hydrogen-bond acceptors (Lipinski definition) is 4. The van der Waals surface area contributed by atoms with Gasteiger partial charge in [-0.1, -0.05) is 17.7 Å². The molecule has 0 aliphatic heterocycles. The summed E-state index contributed by atoms with van der Waals surface area (Å²) >= 11 is 6.15. The highest BCUT2D eigenvalue weighted by Gasteiger charge is 2.12. The van der Waals surface area contributed by atoms with E-state index < -0.39 is 5.43 Å². The van der Waals surface area contributed by atoms with E-state index in [1.54, 1.807) is 17.7 Å². The maximum absolute atomic E-state index is 11.5. The van der Waals surface area contributed by atoms with E-state index >= 15 is 0 Å². The standard InChI is InChI=1S/C19H17ClN2O3/c1-11-3-5-13(22-10-17(24)16(23)9-19(22)21)8-14(11)15-7-12(20)4-6-18(15)25-2/h3-10,24H,21H2,1-2H3. The van der Waals surface area contributed by atoms with Crippen molar-refractivity contribution in [3.63, 3.8) is 0 Å². The summed E-state index contributed by atoms with van der Waals surface area (Å²) in [5, 5.41) is 10.3. The number of nitrogens with zero attached hydrogens (tertiary/aromatic N) is 1. The zero-order valence-corrected chi connectivity index (χ0v) is 14.5. The number of methoxy groups -OCH3 is 1. The van der Waals surface area contributed by atoms with Crippen LogP contribution in [0, 0.1) is 6.92 Å². The van der Waals surface area contributed by atoms with Crippen LogP contribution in [0.3, 0.4) is 0 Å². The van der Waals surface area contributed by atoms with Gasteiger partial charge in [0.05, 0.1) is 13.3 Å². The van der Waals surface area contributed by atoms with Gasteiger partial charge in [0.25, 0.3) is 0 Å². The number of aryl methyl sites for hydroxylation is 1. The molecule has 0 saturated heterocycles. The predicted molar refractivity (Wildman–Crippen MR) is 99.9 cm³/mol. The first kappa shape index (κ1) is 16.9. The number of benzene rings is 2. The Bertz CT molecular complexity index is 1010. The van der Waals surface area contributed by atoms with Crippen LogP contribution in [0.25, 0.3) is 16.8 Å². The number of pyridine rings is 1. The summed E-state index contributed by atoms with van der Waals surface area (Å²) in [5.74, 6) is 0.563. The molecule has 0 amide bonds. The van der Waals surface area contributed by atoms with Crippen LogP contribution in [0.4, 0.5) is 5.82 Å². The summed E-state index contributed by atoms with van der Waals surface area (Å²) in [6.07, 6.45) is 1.31. The third-order valence-electron chi connectivity index (χ3n) is 4.01. The molecule has 0 radical (unpaired) electrons. The van der Waals surface area contributed by atoms with E-state index in [4.69, 9.17) is 22.1 Å². The Hall–Kier alpha value is -2.92. The number of hydrogen-bond donors (Lipinski definition) is 2. The molecule has 0 aliphatic rings. The number of halogens is 1. The van der Waals surface area contributed by atoms with Crippen molar-refractivity contribution in [3.05, 3.63) is 69.5 Å². The van der Waals surface area contributed by atoms with Gasteiger partial charge in [-0.05, 0) is 48.4 Å². The van der Waals surface area contributed by atoms with Crippen molar-refractivity contribution >= 4 is 17.4 Å².